The van der Waals surface area contributed by atoms with E-state index >= 15 is 0 Å². The molecule has 0 saturated heterocycles. The third kappa shape index (κ3) is 32.2. The summed E-state index contributed by atoms with van der Waals surface area (Å²) < 4.78 is 5.66. The second-order valence-electron chi connectivity index (χ2n) is 8.38. The SMILES string of the molecule is CC(O)C(=O)O.CCCCCCCCCCCCCCCCOCCCN(C)C. The van der Waals surface area contributed by atoms with Crippen LogP contribution in [-0.2, 0) is 9.53 Å². The van der Waals surface area contributed by atoms with Crippen molar-refractivity contribution in [2.75, 3.05) is 33.9 Å². The van der Waals surface area contributed by atoms with Gasteiger partial charge in [0.05, 0.1) is 0 Å². The van der Waals surface area contributed by atoms with Gasteiger partial charge in [-0.05, 0) is 40.4 Å². The van der Waals surface area contributed by atoms with E-state index in [1.165, 1.54) is 96.8 Å². The maximum Gasteiger partial charge on any atom is 0.332 e. The fraction of sp³-hybridized carbons (Fsp3) is 0.958. The Kier molecular flexibility index (Phi) is 26.7. The second-order valence-corrected chi connectivity index (χ2v) is 8.38. The van der Waals surface area contributed by atoms with Gasteiger partial charge >= 0.3 is 5.97 Å². The molecule has 0 aromatic carbocycles. The van der Waals surface area contributed by atoms with Crippen LogP contribution < -0.4 is 0 Å². The fourth-order valence-corrected chi connectivity index (χ4v) is 2.98. The van der Waals surface area contributed by atoms with Crippen molar-refractivity contribution >= 4 is 5.97 Å². The molecule has 1 atom stereocenters. The zero-order valence-corrected chi connectivity index (χ0v) is 20.0. The van der Waals surface area contributed by atoms with Crippen LogP contribution in [0.25, 0.3) is 0 Å². The van der Waals surface area contributed by atoms with Gasteiger partial charge in [0, 0.05) is 13.2 Å². The lowest BCUT2D eigenvalue weighted by Gasteiger charge is -2.09. The topological polar surface area (TPSA) is 70.0 Å². The Bertz CT molecular complexity index is 322. The normalized spacial score (nSPS) is 11.9. The lowest BCUT2D eigenvalue weighted by atomic mass is 10.0. The standard InChI is InChI=1S/C21H45NO.C3H6O3/c1-4-5-6-7-8-9-10-11-12-13-14-15-16-17-20-23-21-18-19-22(2)3;1-2(4)3(5)6/h4-21H2,1-3H3;2,4H,1H3,(H,5,6). The van der Waals surface area contributed by atoms with Gasteiger partial charge in [-0.2, -0.15) is 0 Å². The maximum atomic E-state index is 9.45. The molecule has 0 aliphatic carbocycles. The number of carboxylic acids is 1. The Labute approximate surface area is 181 Å². The summed E-state index contributed by atoms with van der Waals surface area (Å²) in [5.74, 6) is -1.19. The third-order valence-corrected chi connectivity index (χ3v) is 4.89. The van der Waals surface area contributed by atoms with Crippen LogP contribution in [0.3, 0.4) is 0 Å². The predicted octanol–water partition coefficient (Wildman–Crippen LogP) is 5.89. The summed E-state index contributed by atoms with van der Waals surface area (Å²) in [6.45, 7) is 6.52. The molecule has 0 heterocycles. The van der Waals surface area contributed by atoms with E-state index in [9.17, 15) is 4.79 Å². The van der Waals surface area contributed by atoms with Crippen molar-refractivity contribution in [1.29, 1.82) is 0 Å². The zero-order valence-electron chi connectivity index (χ0n) is 20.0. The molecule has 0 spiro atoms. The summed E-state index contributed by atoms with van der Waals surface area (Å²) in [6, 6.07) is 0. The van der Waals surface area contributed by atoms with E-state index in [0.717, 1.165) is 26.2 Å². The van der Waals surface area contributed by atoms with Gasteiger partial charge in [0.15, 0.2) is 0 Å². The van der Waals surface area contributed by atoms with Crippen LogP contribution in [0, 0.1) is 0 Å². The first-order valence-corrected chi connectivity index (χ1v) is 12.0. The number of aliphatic carboxylic acids is 1. The van der Waals surface area contributed by atoms with Gasteiger partial charge in [0.25, 0.3) is 0 Å². The molecule has 0 aromatic rings. The molecule has 0 aliphatic rings. The van der Waals surface area contributed by atoms with Crippen LogP contribution in [0.4, 0.5) is 0 Å². The summed E-state index contributed by atoms with van der Waals surface area (Å²) in [6.07, 6.45) is 19.8. The Morgan fingerprint density at radius 2 is 1.10 bits per heavy atom. The first-order chi connectivity index (χ1) is 13.9. The minimum absolute atomic E-state index is 0.927. The number of carboxylic acid groups (broad SMARTS) is 1. The zero-order chi connectivity index (χ0) is 22.2. The highest BCUT2D eigenvalue weighted by molar-refractivity contribution is 5.71. The van der Waals surface area contributed by atoms with Crippen molar-refractivity contribution in [2.24, 2.45) is 0 Å². The fourth-order valence-electron chi connectivity index (χ4n) is 2.98. The molecule has 5 nitrogen and oxygen atoms in total. The largest absolute Gasteiger partial charge is 0.479 e. The molecule has 0 aromatic heterocycles. The molecule has 0 aliphatic heterocycles. The van der Waals surface area contributed by atoms with E-state index < -0.39 is 12.1 Å². The number of aliphatic hydroxyl groups is 1. The van der Waals surface area contributed by atoms with Gasteiger partial charge in [-0.15, -0.1) is 0 Å². The summed E-state index contributed by atoms with van der Waals surface area (Å²) in [5, 5.41) is 15.8. The maximum absolute atomic E-state index is 9.45. The summed E-state index contributed by atoms with van der Waals surface area (Å²) in [5.41, 5.74) is 0. The van der Waals surface area contributed by atoms with Gasteiger partial charge in [-0.25, -0.2) is 4.79 Å². The van der Waals surface area contributed by atoms with Gasteiger partial charge in [0.2, 0.25) is 0 Å². The van der Waals surface area contributed by atoms with Crippen LogP contribution in [0.1, 0.15) is 110 Å². The molecule has 1 unspecified atom stereocenters. The summed E-state index contributed by atoms with van der Waals surface area (Å²) in [7, 11) is 4.24. The Morgan fingerprint density at radius 1 is 0.759 bits per heavy atom. The molecule has 0 fully saturated rings. The van der Waals surface area contributed by atoms with Gasteiger partial charge in [-0.3, -0.25) is 0 Å². The number of hydrogen-bond donors (Lipinski definition) is 2. The van der Waals surface area contributed by atoms with E-state index in [4.69, 9.17) is 14.9 Å². The quantitative estimate of drug-likeness (QED) is 0.242. The average molecular weight is 418 g/mol. The number of ether oxygens (including phenoxy) is 1. The molecule has 29 heavy (non-hydrogen) atoms. The van der Waals surface area contributed by atoms with Gasteiger partial charge < -0.3 is 19.8 Å². The Balaban J connectivity index is 0. The van der Waals surface area contributed by atoms with Crippen molar-refractivity contribution < 1.29 is 19.7 Å². The summed E-state index contributed by atoms with van der Waals surface area (Å²) >= 11 is 0. The lowest BCUT2D eigenvalue weighted by molar-refractivity contribution is -0.145. The second kappa shape index (κ2) is 25.4. The minimum atomic E-state index is -1.23. The predicted molar refractivity (Wildman–Crippen MR) is 124 cm³/mol. The van der Waals surface area contributed by atoms with Crippen LogP contribution in [-0.4, -0.2) is 61.0 Å². The Hall–Kier alpha value is -0.650. The van der Waals surface area contributed by atoms with Crippen molar-refractivity contribution in [1.82, 2.24) is 4.90 Å². The third-order valence-electron chi connectivity index (χ3n) is 4.89. The van der Waals surface area contributed by atoms with E-state index in [-0.39, 0.29) is 0 Å². The van der Waals surface area contributed by atoms with Crippen molar-refractivity contribution in [2.45, 2.75) is 116 Å². The molecular weight excluding hydrogens is 366 g/mol. The van der Waals surface area contributed by atoms with Crippen LogP contribution >= 0.6 is 0 Å². The number of aliphatic hydroxyl groups excluding tert-OH is 1. The van der Waals surface area contributed by atoms with E-state index in [0.29, 0.717) is 0 Å². The molecule has 0 saturated carbocycles. The highest BCUT2D eigenvalue weighted by Gasteiger charge is 2.01. The van der Waals surface area contributed by atoms with Crippen molar-refractivity contribution in [3.8, 4) is 0 Å². The molecule has 0 radical (unpaired) electrons. The van der Waals surface area contributed by atoms with E-state index in [1.807, 2.05) is 0 Å². The number of unbranched alkanes of at least 4 members (excludes halogenated alkanes) is 13. The number of nitrogens with zero attached hydrogens (tertiary/aromatic N) is 1. The molecule has 0 amide bonds. The molecule has 2 N–H and O–H groups in total. The molecule has 0 rings (SSSR count). The van der Waals surface area contributed by atoms with Crippen LogP contribution in [0.15, 0.2) is 0 Å². The first kappa shape index (κ1) is 30.5. The first-order valence-electron chi connectivity index (χ1n) is 12.0. The molecule has 5 heteroatoms. The smallest absolute Gasteiger partial charge is 0.332 e. The van der Waals surface area contributed by atoms with Gasteiger partial charge in [0.1, 0.15) is 6.10 Å². The van der Waals surface area contributed by atoms with Crippen LogP contribution in [0.2, 0.25) is 0 Å². The number of rotatable bonds is 20. The molecule has 0 bridgehead atoms. The summed E-state index contributed by atoms with van der Waals surface area (Å²) in [4.78, 5) is 11.7. The van der Waals surface area contributed by atoms with Crippen molar-refractivity contribution in [3.05, 3.63) is 0 Å². The lowest BCUT2D eigenvalue weighted by Crippen LogP contribution is -2.14. The highest BCUT2D eigenvalue weighted by atomic mass is 16.5. The van der Waals surface area contributed by atoms with E-state index in [2.05, 4.69) is 25.9 Å². The molecule has 176 valence electrons. The van der Waals surface area contributed by atoms with E-state index in [1.54, 1.807) is 0 Å². The number of carbonyl (C=O) groups is 1. The average Bonchev–Trinajstić information content (AvgIpc) is 2.67. The van der Waals surface area contributed by atoms with Crippen molar-refractivity contribution in [3.63, 3.8) is 0 Å². The number of hydrogen-bond acceptors (Lipinski definition) is 4. The monoisotopic (exact) mass is 417 g/mol. The van der Waals surface area contributed by atoms with Gasteiger partial charge in [-0.1, -0.05) is 90.4 Å². The Morgan fingerprint density at radius 3 is 1.45 bits per heavy atom. The minimum Gasteiger partial charge on any atom is -0.479 e. The van der Waals surface area contributed by atoms with Crippen LogP contribution in [0.5, 0.6) is 0 Å². The molecular formula is C24H51NO4. The highest BCUT2D eigenvalue weighted by Crippen LogP contribution is 2.12.